The quantitative estimate of drug-likeness (QED) is 0.910. The van der Waals surface area contributed by atoms with Crippen molar-refractivity contribution in [3.63, 3.8) is 0 Å². The van der Waals surface area contributed by atoms with Crippen molar-refractivity contribution in [1.82, 2.24) is 5.32 Å². The standard InChI is InChI=1S/C15H14F2N2O.ClH/c1-18-9-14(20)19-11-5-2-4-10(8-11)15-12(16)6-3-7-13(15)17;/h2-8,18H,9H2,1H3,(H,19,20);1H. The third-order valence-corrected chi connectivity index (χ3v) is 2.74. The lowest BCUT2D eigenvalue weighted by Crippen LogP contribution is -2.25. The van der Waals surface area contributed by atoms with E-state index in [1.807, 2.05) is 0 Å². The first kappa shape index (κ1) is 17.1. The van der Waals surface area contributed by atoms with Crippen LogP contribution in [0.15, 0.2) is 42.5 Å². The van der Waals surface area contributed by atoms with E-state index < -0.39 is 11.6 Å². The second-order valence-electron chi connectivity index (χ2n) is 4.26. The van der Waals surface area contributed by atoms with Crippen LogP contribution in [0.3, 0.4) is 0 Å². The Labute approximate surface area is 127 Å². The van der Waals surface area contributed by atoms with Crippen LogP contribution in [0.2, 0.25) is 0 Å². The van der Waals surface area contributed by atoms with E-state index in [0.29, 0.717) is 11.3 Å². The highest BCUT2D eigenvalue weighted by Gasteiger charge is 2.11. The molecule has 0 aliphatic rings. The van der Waals surface area contributed by atoms with Crippen LogP contribution in [0.5, 0.6) is 0 Å². The summed E-state index contributed by atoms with van der Waals surface area (Å²) < 4.78 is 27.4. The number of hydrogen-bond donors (Lipinski definition) is 2. The fraction of sp³-hybridized carbons (Fsp3) is 0.133. The molecule has 0 spiro atoms. The normalized spacial score (nSPS) is 9.86. The minimum absolute atomic E-state index is 0. The van der Waals surface area contributed by atoms with Crippen molar-refractivity contribution < 1.29 is 13.6 Å². The molecule has 0 unspecified atom stereocenters. The Hall–Kier alpha value is -1.98. The summed E-state index contributed by atoms with van der Waals surface area (Å²) in [7, 11) is 1.66. The Morgan fingerprint density at radius 2 is 1.71 bits per heavy atom. The zero-order chi connectivity index (χ0) is 14.5. The van der Waals surface area contributed by atoms with Crippen LogP contribution in [-0.2, 0) is 4.79 Å². The van der Waals surface area contributed by atoms with E-state index in [-0.39, 0.29) is 30.4 Å². The van der Waals surface area contributed by atoms with Gasteiger partial charge in [0.15, 0.2) is 0 Å². The molecule has 2 N–H and O–H groups in total. The minimum Gasteiger partial charge on any atom is -0.325 e. The number of halogens is 3. The first-order chi connectivity index (χ1) is 9.61. The average molecular weight is 313 g/mol. The van der Waals surface area contributed by atoms with Crippen molar-refractivity contribution in [1.29, 1.82) is 0 Å². The Balaban J connectivity index is 0.00000220. The minimum atomic E-state index is -0.635. The molecule has 2 aromatic carbocycles. The SMILES string of the molecule is CNCC(=O)Nc1cccc(-c2c(F)cccc2F)c1.Cl. The first-order valence-electron chi connectivity index (χ1n) is 6.10. The summed E-state index contributed by atoms with van der Waals surface area (Å²) in [6, 6.07) is 10.1. The van der Waals surface area contributed by atoms with E-state index in [0.717, 1.165) is 0 Å². The second kappa shape index (κ2) is 7.71. The lowest BCUT2D eigenvalue weighted by Gasteiger charge is -2.09. The predicted octanol–water partition coefficient (Wildman–Crippen LogP) is 3.21. The third kappa shape index (κ3) is 4.24. The smallest absolute Gasteiger partial charge is 0.238 e. The number of rotatable bonds is 4. The molecule has 112 valence electrons. The molecule has 0 saturated carbocycles. The van der Waals surface area contributed by atoms with Crippen LogP contribution in [0.1, 0.15) is 0 Å². The highest BCUT2D eigenvalue weighted by Crippen LogP contribution is 2.27. The van der Waals surface area contributed by atoms with Gasteiger partial charge in [-0.1, -0.05) is 18.2 Å². The van der Waals surface area contributed by atoms with Crippen molar-refractivity contribution in [2.24, 2.45) is 0 Å². The summed E-state index contributed by atoms with van der Waals surface area (Å²) in [6.07, 6.45) is 0. The van der Waals surface area contributed by atoms with Crippen molar-refractivity contribution in [2.45, 2.75) is 0 Å². The van der Waals surface area contributed by atoms with Gasteiger partial charge in [-0.25, -0.2) is 8.78 Å². The van der Waals surface area contributed by atoms with E-state index in [4.69, 9.17) is 0 Å². The number of benzene rings is 2. The molecule has 0 radical (unpaired) electrons. The van der Waals surface area contributed by atoms with E-state index in [2.05, 4.69) is 10.6 Å². The fourth-order valence-corrected chi connectivity index (χ4v) is 1.89. The molecule has 0 heterocycles. The van der Waals surface area contributed by atoms with E-state index >= 15 is 0 Å². The number of carbonyl (C=O) groups excluding carboxylic acids is 1. The van der Waals surface area contributed by atoms with Gasteiger partial charge in [0, 0.05) is 5.69 Å². The Morgan fingerprint density at radius 3 is 2.33 bits per heavy atom. The van der Waals surface area contributed by atoms with Gasteiger partial charge in [-0.05, 0) is 36.9 Å². The molecule has 2 aromatic rings. The van der Waals surface area contributed by atoms with Gasteiger partial charge in [-0.15, -0.1) is 12.4 Å². The number of anilines is 1. The molecule has 0 atom stereocenters. The second-order valence-corrected chi connectivity index (χ2v) is 4.26. The molecular weight excluding hydrogens is 298 g/mol. The maximum atomic E-state index is 13.7. The summed E-state index contributed by atoms with van der Waals surface area (Å²) in [4.78, 5) is 11.5. The Kier molecular flexibility index (Phi) is 6.27. The van der Waals surface area contributed by atoms with Gasteiger partial charge >= 0.3 is 0 Å². The summed E-state index contributed by atoms with van der Waals surface area (Å²) in [6.45, 7) is 0.165. The van der Waals surface area contributed by atoms with Gasteiger partial charge in [-0.2, -0.15) is 0 Å². The summed E-state index contributed by atoms with van der Waals surface area (Å²) in [5.41, 5.74) is 0.769. The van der Waals surface area contributed by atoms with Crippen molar-refractivity contribution >= 4 is 24.0 Å². The fourth-order valence-electron chi connectivity index (χ4n) is 1.89. The molecular formula is C15H15ClF2N2O. The maximum Gasteiger partial charge on any atom is 0.238 e. The van der Waals surface area contributed by atoms with Crippen molar-refractivity contribution in [3.8, 4) is 11.1 Å². The zero-order valence-electron chi connectivity index (χ0n) is 11.3. The number of carbonyl (C=O) groups is 1. The summed E-state index contributed by atoms with van der Waals surface area (Å²) in [5, 5.41) is 5.37. The molecule has 0 fully saturated rings. The van der Waals surface area contributed by atoms with E-state index in [1.165, 1.54) is 24.3 Å². The molecule has 21 heavy (non-hydrogen) atoms. The van der Waals surface area contributed by atoms with Crippen LogP contribution in [-0.4, -0.2) is 19.5 Å². The molecule has 0 aliphatic heterocycles. The van der Waals surface area contributed by atoms with Crippen LogP contribution >= 0.6 is 12.4 Å². The van der Waals surface area contributed by atoms with Gasteiger partial charge in [-0.3, -0.25) is 4.79 Å². The zero-order valence-corrected chi connectivity index (χ0v) is 12.1. The monoisotopic (exact) mass is 312 g/mol. The average Bonchev–Trinajstić information content (AvgIpc) is 2.39. The molecule has 6 heteroatoms. The maximum absolute atomic E-state index is 13.7. The lowest BCUT2D eigenvalue weighted by atomic mass is 10.0. The molecule has 2 rings (SSSR count). The van der Waals surface area contributed by atoms with Crippen molar-refractivity contribution in [2.75, 3.05) is 18.9 Å². The van der Waals surface area contributed by atoms with Crippen LogP contribution in [0, 0.1) is 11.6 Å². The molecule has 3 nitrogen and oxygen atoms in total. The topological polar surface area (TPSA) is 41.1 Å². The van der Waals surface area contributed by atoms with Gasteiger partial charge in [0.2, 0.25) is 5.91 Å². The summed E-state index contributed by atoms with van der Waals surface area (Å²) in [5.74, 6) is -1.49. The van der Waals surface area contributed by atoms with E-state index in [1.54, 1.807) is 25.2 Å². The number of likely N-dealkylation sites (N-methyl/N-ethyl adjacent to an activating group) is 1. The van der Waals surface area contributed by atoms with Gasteiger partial charge in [0.25, 0.3) is 0 Å². The van der Waals surface area contributed by atoms with Gasteiger partial charge in [0.1, 0.15) is 11.6 Å². The highest BCUT2D eigenvalue weighted by atomic mass is 35.5. The van der Waals surface area contributed by atoms with Gasteiger partial charge < -0.3 is 10.6 Å². The first-order valence-corrected chi connectivity index (χ1v) is 6.10. The predicted molar refractivity (Wildman–Crippen MR) is 81.6 cm³/mol. The van der Waals surface area contributed by atoms with E-state index in [9.17, 15) is 13.6 Å². The Bertz CT molecular complexity index is 615. The van der Waals surface area contributed by atoms with Gasteiger partial charge in [0.05, 0.1) is 12.1 Å². The number of hydrogen-bond acceptors (Lipinski definition) is 2. The molecule has 0 aromatic heterocycles. The van der Waals surface area contributed by atoms with Crippen LogP contribution < -0.4 is 10.6 Å². The highest BCUT2D eigenvalue weighted by molar-refractivity contribution is 5.92. The Morgan fingerprint density at radius 1 is 1.10 bits per heavy atom. The molecule has 0 bridgehead atoms. The van der Waals surface area contributed by atoms with Crippen LogP contribution in [0.4, 0.5) is 14.5 Å². The molecule has 0 aliphatic carbocycles. The third-order valence-electron chi connectivity index (χ3n) is 2.74. The number of amides is 1. The van der Waals surface area contributed by atoms with Crippen LogP contribution in [0.25, 0.3) is 11.1 Å². The largest absolute Gasteiger partial charge is 0.325 e. The molecule has 1 amide bonds. The van der Waals surface area contributed by atoms with Crippen molar-refractivity contribution in [3.05, 3.63) is 54.1 Å². The molecule has 0 saturated heterocycles. The lowest BCUT2D eigenvalue weighted by molar-refractivity contribution is -0.115. The number of nitrogens with one attached hydrogen (secondary N) is 2. The summed E-state index contributed by atoms with van der Waals surface area (Å²) >= 11 is 0.